The number of benzene rings is 1. The van der Waals surface area contributed by atoms with Crippen molar-refractivity contribution in [3.8, 4) is 0 Å². The van der Waals surface area contributed by atoms with E-state index >= 15 is 0 Å². The lowest BCUT2D eigenvalue weighted by atomic mass is 10.1. The first-order valence-electron chi connectivity index (χ1n) is 7.41. The highest BCUT2D eigenvalue weighted by Gasteiger charge is 2.17. The minimum atomic E-state index is 0.326. The normalized spacial score (nSPS) is 12.9. The van der Waals surface area contributed by atoms with Gasteiger partial charge in [0.15, 0.2) is 0 Å². The van der Waals surface area contributed by atoms with Crippen LogP contribution in [0.5, 0.6) is 0 Å². The van der Waals surface area contributed by atoms with Gasteiger partial charge in [0, 0.05) is 34.1 Å². The lowest BCUT2D eigenvalue weighted by Crippen LogP contribution is -2.18. The fourth-order valence-corrected chi connectivity index (χ4v) is 3.75. The predicted octanol–water partition coefficient (Wildman–Crippen LogP) is 3.93. The van der Waals surface area contributed by atoms with Crippen molar-refractivity contribution in [3.05, 3.63) is 51.8 Å². The van der Waals surface area contributed by atoms with Crippen molar-refractivity contribution in [1.29, 1.82) is 0 Å². The van der Waals surface area contributed by atoms with Crippen molar-refractivity contribution in [1.82, 2.24) is 15.1 Å². The molecule has 1 N–H and O–H groups in total. The minimum absolute atomic E-state index is 0.326. The van der Waals surface area contributed by atoms with Crippen LogP contribution in [0.15, 0.2) is 36.4 Å². The number of hydrogen-bond acceptors (Lipinski definition) is 3. The van der Waals surface area contributed by atoms with E-state index in [2.05, 4.69) is 60.2 Å². The molecule has 4 heteroatoms. The first kappa shape index (κ1) is 14.3. The molecule has 1 aromatic carbocycles. The molecule has 0 aliphatic rings. The third kappa shape index (κ3) is 2.74. The van der Waals surface area contributed by atoms with Crippen molar-refractivity contribution in [2.75, 3.05) is 7.05 Å². The summed E-state index contributed by atoms with van der Waals surface area (Å²) in [6.07, 6.45) is 0.921. The van der Waals surface area contributed by atoms with Crippen LogP contribution in [-0.2, 0) is 13.0 Å². The quantitative estimate of drug-likeness (QED) is 0.773. The standard InChI is InChI=1S/C17H21N3S/c1-4-20-16-8-6-5-7-13(16)14(19-20)11-15(18-3)17-10-9-12(2)21-17/h5-10,15,18H,4,11H2,1-3H3. The minimum Gasteiger partial charge on any atom is -0.312 e. The van der Waals surface area contributed by atoms with Gasteiger partial charge in [-0.1, -0.05) is 18.2 Å². The van der Waals surface area contributed by atoms with Gasteiger partial charge in [0.25, 0.3) is 0 Å². The Morgan fingerprint density at radius 2 is 2.05 bits per heavy atom. The molecule has 0 bridgehead atoms. The van der Waals surface area contributed by atoms with Gasteiger partial charge in [-0.2, -0.15) is 5.10 Å². The Bertz CT molecular complexity index is 741. The van der Waals surface area contributed by atoms with E-state index < -0.39 is 0 Å². The molecule has 0 radical (unpaired) electrons. The number of aromatic nitrogens is 2. The van der Waals surface area contributed by atoms with Crippen LogP contribution in [0, 0.1) is 6.92 Å². The van der Waals surface area contributed by atoms with E-state index in [4.69, 9.17) is 5.10 Å². The van der Waals surface area contributed by atoms with E-state index in [1.807, 2.05) is 18.4 Å². The van der Waals surface area contributed by atoms with Gasteiger partial charge in [0.1, 0.15) is 0 Å². The van der Waals surface area contributed by atoms with Crippen LogP contribution in [0.1, 0.15) is 28.4 Å². The summed E-state index contributed by atoms with van der Waals surface area (Å²) in [4.78, 5) is 2.74. The molecule has 0 fully saturated rings. The van der Waals surface area contributed by atoms with Crippen LogP contribution in [0.3, 0.4) is 0 Å². The summed E-state index contributed by atoms with van der Waals surface area (Å²) in [7, 11) is 2.03. The maximum atomic E-state index is 4.81. The number of rotatable bonds is 5. The maximum Gasteiger partial charge on any atom is 0.0722 e. The number of nitrogens with zero attached hydrogens (tertiary/aromatic N) is 2. The zero-order valence-corrected chi connectivity index (χ0v) is 13.6. The van der Waals surface area contributed by atoms with Gasteiger partial charge < -0.3 is 5.32 Å². The molecule has 3 aromatic rings. The summed E-state index contributed by atoms with van der Waals surface area (Å²) >= 11 is 1.86. The monoisotopic (exact) mass is 299 g/mol. The second-order valence-corrected chi connectivity index (χ2v) is 6.59. The molecule has 0 amide bonds. The summed E-state index contributed by atoms with van der Waals surface area (Å²) < 4.78 is 2.09. The summed E-state index contributed by atoms with van der Waals surface area (Å²) in [6, 6.07) is 13.2. The highest BCUT2D eigenvalue weighted by Crippen LogP contribution is 2.28. The molecular formula is C17H21N3S. The second kappa shape index (κ2) is 6.00. The fourth-order valence-electron chi connectivity index (χ4n) is 2.77. The third-order valence-corrected chi connectivity index (χ3v) is 5.00. The molecule has 0 saturated carbocycles. The average Bonchev–Trinajstić information content (AvgIpc) is 3.09. The van der Waals surface area contributed by atoms with Crippen molar-refractivity contribution in [2.45, 2.75) is 32.9 Å². The van der Waals surface area contributed by atoms with E-state index in [0.29, 0.717) is 6.04 Å². The number of aryl methyl sites for hydroxylation is 2. The Balaban J connectivity index is 1.97. The molecule has 0 aliphatic heterocycles. The number of thiophene rings is 1. The Hall–Kier alpha value is -1.65. The van der Waals surface area contributed by atoms with Gasteiger partial charge in [-0.15, -0.1) is 11.3 Å². The SMILES string of the molecule is CCn1nc(CC(NC)c2ccc(C)s2)c2ccccc21. The smallest absolute Gasteiger partial charge is 0.0722 e. The van der Waals surface area contributed by atoms with Crippen molar-refractivity contribution in [2.24, 2.45) is 0 Å². The molecule has 110 valence electrons. The van der Waals surface area contributed by atoms with E-state index in [1.165, 1.54) is 26.4 Å². The van der Waals surface area contributed by atoms with Gasteiger partial charge >= 0.3 is 0 Å². The molecule has 2 aromatic heterocycles. The Morgan fingerprint density at radius 1 is 1.24 bits per heavy atom. The summed E-state index contributed by atoms with van der Waals surface area (Å²) in [5.74, 6) is 0. The zero-order chi connectivity index (χ0) is 14.8. The van der Waals surface area contributed by atoms with Crippen LogP contribution < -0.4 is 5.32 Å². The molecule has 0 saturated heterocycles. The summed E-state index contributed by atoms with van der Waals surface area (Å²) in [5.41, 5.74) is 2.41. The first-order chi connectivity index (χ1) is 10.2. The highest BCUT2D eigenvalue weighted by molar-refractivity contribution is 7.12. The lowest BCUT2D eigenvalue weighted by molar-refractivity contribution is 0.580. The summed E-state index contributed by atoms with van der Waals surface area (Å²) in [6.45, 7) is 5.20. The Labute approximate surface area is 129 Å². The second-order valence-electron chi connectivity index (χ2n) is 5.27. The largest absolute Gasteiger partial charge is 0.312 e. The number of para-hydroxylation sites is 1. The average molecular weight is 299 g/mol. The number of hydrogen-bond donors (Lipinski definition) is 1. The van der Waals surface area contributed by atoms with Crippen molar-refractivity contribution in [3.63, 3.8) is 0 Å². The third-order valence-electron chi connectivity index (χ3n) is 3.88. The van der Waals surface area contributed by atoms with E-state index in [9.17, 15) is 0 Å². The molecule has 21 heavy (non-hydrogen) atoms. The molecular weight excluding hydrogens is 278 g/mol. The Kier molecular flexibility index (Phi) is 4.08. The molecule has 3 nitrogen and oxygen atoms in total. The van der Waals surface area contributed by atoms with Gasteiger partial charge in [0.2, 0.25) is 0 Å². The van der Waals surface area contributed by atoms with Gasteiger partial charge in [-0.3, -0.25) is 4.68 Å². The van der Waals surface area contributed by atoms with Crippen molar-refractivity contribution < 1.29 is 0 Å². The molecule has 1 atom stereocenters. The van der Waals surface area contributed by atoms with Crippen LogP contribution in [0.2, 0.25) is 0 Å². The van der Waals surface area contributed by atoms with Gasteiger partial charge in [-0.05, 0) is 39.1 Å². The van der Waals surface area contributed by atoms with Crippen LogP contribution in [0.25, 0.3) is 10.9 Å². The molecule has 1 unspecified atom stereocenters. The number of likely N-dealkylation sites (N-methyl/N-ethyl adjacent to an activating group) is 1. The van der Waals surface area contributed by atoms with Gasteiger partial charge in [-0.25, -0.2) is 0 Å². The van der Waals surface area contributed by atoms with E-state index in [1.54, 1.807) is 0 Å². The van der Waals surface area contributed by atoms with E-state index in [0.717, 1.165) is 13.0 Å². The van der Waals surface area contributed by atoms with Crippen molar-refractivity contribution >= 4 is 22.2 Å². The Morgan fingerprint density at radius 3 is 2.71 bits per heavy atom. The first-order valence-corrected chi connectivity index (χ1v) is 8.22. The van der Waals surface area contributed by atoms with Crippen LogP contribution in [0.4, 0.5) is 0 Å². The zero-order valence-electron chi connectivity index (χ0n) is 12.8. The lowest BCUT2D eigenvalue weighted by Gasteiger charge is -2.13. The topological polar surface area (TPSA) is 29.9 Å². The fraction of sp³-hybridized carbons (Fsp3) is 0.353. The predicted molar refractivity (Wildman–Crippen MR) is 90.0 cm³/mol. The molecule has 2 heterocycles. The number of nitrogens with one attached hydrogen (secondary N) is 1. The molecule has 0 aliphatic carbocycles. The van der Waals surface area contributed by atoms with Crippen LogP contribution >= 0.6 is 11.3 Å². The maximum absolute atomic E-state index is 4.81. The summed E-state index contributed by atoms with van der Waals surface area (Å²) in [5, 5.41) is 9.51. The molecule has 3 rings (SSSR count). The van der Waals surface area contributed by atoms with Crippen LogP contribution in [-0.4, -0.2) is 16.8 Å². The van der Waals surface area contributed by atoms with Gasteiger partial charge in [0.05, 0.1) is 11.2 Å². The number of fused-ring (bicyclic) bond motifs is 1. The molecule has 0 spiro atoms. The highest BCUT2D eigenvalue weighted by atomic mass is 32.1. The van der Waals surface area contributed by atoms with E-state index in [-0.39, 0.29) is 0 Å².